The second-order valence-electron chi connectivity index (χ2n) is 5.91. The Morgan fingerprint density at radius 3 is 2.34 bits per heavy atom. The number of halogens is 3. The molecule has 0 bridgehead atoms. The number of benzene rings is 1. The maximum Gasteiger partial charge on any atom is 0.471 e. The monoisotopic (exact) mass is 422 g/mol. The van der Waals surface area contributed by atoms with E-state index in [9.17, 15) is 32.9 Å². The third-order valence-corrected chi connectivity index (χ3v) is 3.68. The number of amides is 1. The zero-order valence-electron chi connectivity index (χ0n) is 16.0. The number of methoxy groups -OCH3 is 1. The van der Waals surface area contributed by atoms with Crippen molar-refractivity contribution >= 4 is 17.6 Å². The van der Waals surface area contributed by atoms with Crippen LogP contribution in [-0.4, -0.2) is 43.3 Å². The molecule has 1 N–H and O–H groups in total. The Morgan fingerprint density at radius 2 is 1.83 bits per heavy atom. The lowest BCUT2D eigenvalue weighted by atomic mass is 10.0. The molecule has 0 spiro atoms. The smallest absolute Gasteiger partial charge is 0.471 e. The topological polar surface area (TPSA) is 117 Å². The van der Waals surface area contributed by atoms with Gasteiger partial charge in [-0.05, 0) is 25.8 Å². The number of hydrogen-bond donors (Lipinski definition) is 1. The number of carbonyl (C=O) groups excluding carboxylic acids is 2. The van der Waals surface area contributed by atoms with E-state index in [-0.39, 0.29) is 30.3 Å². The van der Waals surface area contributed by atoms with E-state index in [1.54, 1.807) is 5.32 Å². The summed E-state index contributed by atoms with van der Waals surface area (Å²) in [4.78, 5) is 32.4. The highest BCUT2D eigenvalue weighted by molar-refractivity contribution is 5.82. The number of ether oxygens (including phenoxy) is 3. The number of rotatable bonds is 10. The summed E-state index contributed by atoms with van der Waals surface area (Å²) < 4.78 is 52.7. The second-order valence-corrected chi connectivity index (χ2v) is 5.91. The highest BCUT2D eigenvalue weighted by Crippen LogP contribution is 2.37. The molecule has 0 saturated heterocycles. The maximum atomic E-state index is 12.4. The Morgan fingerprint density at radius 1 is 1.21 bits per heavy atom. The molecule has 162 valence electrons. The van der Waals surface area contributed by atoms with E-state index in [1.807, 2.05) is 0 Å². The van der Waals surface area contributed by atoms with Crippen LogP contribution >= 0.6 is 0 Å². The van der Waals surface area contributed by atoms with Gasteiger partial charge >= 0.3 is 18.1 Å². The van der Waals surface area contributed by atoms with Gasteiger partial charge in [0.05, 0.1) is 42.9 Å². The van der Waals surface area contributed by atoms with E-state index < -0.39 is 34.7 Å². The second kappa shape index (κ2) is 10.5. The first-order chi connectivity index (χ1) is 13.5. The molecule has 0 saturated carbocycles. The summed E-state index contributed by atoms with van der Waals surface area (Å²) in [6.45, 7) is 2.79. The average molecular weight is 422 g/mol. The van der Waals surface area contributed by atoms with Gasteiger partial charge in [0.15, 0.2) is 11.5 Å². The molecule has 0 aromatic heterocycles. The summed E-state index contributed by atoms with van der Waals surface area (Å²) in [5.74, 6) is -2.56. The number of hydrogen-bond acceptors (Lipinski definition) is 7. The van der Waals surface area contributed by atoms with Crippen LogP contribution < -0.4 is 14.8 Å². The molecule has 0 heterocycles. The van der Waals surface area contributed by atoms with Crippen LogP contribution in [0.1, 0.15) is 38.3 Å². The van der Waals surface area contributed by atoms with Crippen molar-refractivity contribution in [3.8, 4) is 11.5 Å². The molecule has 1 atom stereocenters. The van der Waals surface area contributed by atoms with Crippen LogP contribution in [0.5, 0.6) is 11.5 Å². The summed E-state index contributed by atoms with van der Waals surface area (Å²) in [7, 11) is 1.26. The molecule has 1 unspecified atom stereocenters. The average Bonchev–Trinajstić information content (AvgIpc) is 2.62. The molecule has 1 amide bonds. The van der Waals surface area contributed by atoms with Gasteiger partial charge in [0.2, 0.25) is 0 Å². The zero-order valence-corrected chi connectivity index (χ0v) is 16.0. The molecule has 1 aromatic carbocycles. The minimum Gasteiger partial charge on any atom is -0.493 e. The van der Waals surface area contributed by atoms with E-state index in [0.717, 1.165) is 12.1 Å². The normalized spacial score (nSPS) is 12.1. The van der Waals surface area contributed by atoms with Crippen LogP contribution in [0.3, 0.4) is 0 Å². The minimum atomic E-state index is -5.12. The number of unbranched alkanes of at least 4 members (excludes halogenated alkanes) is 1. The molecular formula is C17H21F3N2O7. The van der Waals surface area contributed by atoms with Gasteiger partial charge in [-0.15, -0.1) is 0 Å². The van der Waals surface area contributed by atoms with Crippen molar-refractivity contribution in [3.05, 3.63) is 27.8 Å². The van der Waals surface area contributed by atoms with Crippen molar-refractivity contribution in [3.63, 3.8) is 0 Å². The number of nitro groups is 1. The van der Waals surface area contributed by atoms with Crippen LogP contribution in [0.25, 0.3) is 0 Å². The SMILES string of the molecule is COc1cc(C(C)NC(=O)C(F)(F)F)c([N+](=O)[O-])cc1OCCCCOC(C)=O. The van der Waals surface area contributed by atoms with E-state index in [1.165, 1.54) is 21.0 Å². The lowest BCUT2D eigenvalue weighted by Gasteiger charge is -2.18. The van der Waals surface area contributed by atoms with Crippen LogP contribution in [0.2, 0.25) is 0 Å². The van der Waals surface area contributed by atoms with E-state index in [4.69, 9.17) is 14.2 Å². The number of nitrogens with one attached hydrogen (secondary N) is 1. The Kier molecular flexibility index (Phi) is 8.67. The highest BCUT2D eigenvalue weighted by Gasteiger charge is 2.40. The molecule has 0 radical (unpaired) electrons. The van der Waals surface area contributed by atoms with Crippen molar-refractivity contribution in [1.82, 2.24) is 5.32 Å². The van der Waals surface area contributed by atoms with Gasteiger partial charge in [-0.2, -0.15) is 13.2 Å². The molecule has 0 fully saturated rings. The summed E-state index contributed by atoms with van der Waals surface area (Å²) in [6, 6.07) is 0.862. The molecule has 0 aliphatic rings. The van der Waals surface area contributed by atoms with Gasteiger partial charge in [0.25, 0.3) is 5.69 Å². The summed E-state index contributed by atoms with van der Waals surface area (Å²) >= 11 is 0. The molecule has 0 aliphatic carbocycles. The third-order valence-electron chi connectivity index (χ3n) is 3.68. The van der Waals surface area contributed by atoms with Crippen molar-refractivity contribution in [2.45, 2.75) is 38.9 Å². The van der Waals surface area contributed by atoms with E-state index in [0.29, 0.717) is 12.8 Å². The highest BCUT2D eigenvalue weighted by atomic mass is 19.4. The van der Waals surface area contributed by atoms with Gasteiger partial charge in [0, 0.05) is 6.92 Å². The first-order valence-electron chi connectivity index (χ1n) is 8.47. The molecule has 12 heteroatoms. The first kappa shape index (κ1) is 24.0. The molecular weight excluding hydrogens is 401 g/mol. The molecule has 1 aromatic rings. The fraction of sp³-hybridized carbons (Fsp3) is 0.529. The number of nitrogens with zero attached hydrogens (tertiary/aromatic N) is 1. The Bertz CT molecular complexity index is 753. The quantitative estimate of drug-likeness (QED) is 0.267. The van der Waals surface area contributed by atoms with Crippen molar-refractivity contribution < 1.29 is 41.9 Å². The lowest BCUT2D eigenvalue weighted by Crippen LogP contribution is -2.38. The predicted molar refractivity (Wildman–Crippen MR) is 93.6 cm³/mol. The van der Waals surface area contributed by atoms with Gasteiger partial charge in [-0.1, -0.05) is 0 Å². The summed E-state index contributed by atoms with van der Waals surface area (Å²) in [6.07, 6.45) is -4.14. The molecule has 9 nitrogen and oxygen atoms in total. The van der Waals surface area contributed by atoms with Crippen LogP contribution in [0.15, 0.2) is 12.1 Å². The number of carbonyl (C=O) groups is 2. The van der Waals surface area contributed by atoms with Crippen molar-refractivity contribution in [2.24, 2.45) is 0 Å². The fourth-order valence-electron chi connectivity index (χ4n) is 2.30. The number of nitro benzene ring substituents is 1. The van der Waals surface area contributed by atoms with Crippen LogP contribution in [0.4, 0.5) is 18.9 Å². The lowest BCUT2D eigenvalue weighted by molar-refractivity contribution is -0.385. The van der Waals surface area contributed by atoms with Gasteiger partial charge in [-0.25, -0.2) is 0 Å². The van der Waals surface area contributed by atoms with Gasteiger partial charge in [-0.3, -0.25) is 19.7 Å². The standard InChI is InChI=1S/C17H21F3N2O7/c1-10(21-16(24)17(18,19)20)12-8-14(27-3)15(9-13(12)22(25)26)29-7-5-4-6-28-11(2)23/h8-10H,4-7H2,1-3H3,(H,21,24). The van der Waals surface area contributed by atoms with Crippen LogP contribution in [0, 0.1) is 10.1 Å². The van der Waals surface area contributed by atoms with E-state index in [2.05, 4.69) is 0 Å². The minimum absolute atomic E-state index is 0.0183. The Hall–Kier alpha value is -3.05. The van der Waals surface area contributed by atoms with E-state index >= 15 is 0 Å². The first-order valence-corrected chi connectivity index (χ1v) is 8.47. The summed E-state index contributed by atoms with van der Waals surface area (Å²) in [5, 5.41) is 13.0. The van der Waals surface area contributed by atoms with Crippen molar-refractivity contribution in [2.75, 3.05) is 20.3 Å². The van der Waals surface area contributed by atoms with Gasteiger partial charge < -0.3 is 19.5 Å². The van der Waals surface area contributed by atoms with Crippen molar-refractivity contribution in [1.29, 1.82) is 0 Å². The largest absolute Gasteiger partial charge is 0.493 e. The number of alkyl halides is 3. The van der Waals surface area contributed by atoms with Crippen LogP contribution in [-0.2, 0) is 14.3 Å². The third kappa shape index (κ3) is 7.47. The number of esters is 1. The fourth-order valence-corrected chi connectivity index (χ4v) is 2.30. The molecule has 0 aliphatic heterocycles. The summed E-state index contributed by atoms with van der Waals surface area (Å²) in [5.41, 5.74) is -0.706. The zero-order chi connectivity index (χ0) is 22.2. The van der Waals surface area contributed by atoms with Gasteiger partial charge in [0.1, 0.15) is 0 Å². The Labute approximate surface area is 164 Å². The molecule has 1 rings (SSSR count). The predicted octanol–water partition coefficient (Wildman–Crippen LogP) is 3.07. The Balaban J connectivity index is 2.96. The maximum absolute atomic E-state index is 12.4. The molecule has 29 heavy (non-hydrogen) atoms.